The Morgan fingerprint density at radius 3 is 2.33 bits per heavy atom. The van der Waals surface area contributed by atoms with Crippen LogP contribution in [0.4, 0.5) is 13.2 Å². The average molecular weight is 237 g/mol. The molecule has 0 saturated carbocycles. The molecule has 1 aromatic rings. The molecule has 1 atom stereocenters. The first-order valence-electron chi connectivity index (χ1n) is 4.15. The van der Waals surface area contributed by atoms with Gasteiger partial charge in [0.15, 0.2) is 0 Å². The Hall–Kier alpha value is -0.880. The number of alkyl halides is 3. The van der Waals surface area contributed by atoms with E-state index in [9.17, 15) is 21.9 Å². The first-order chi connectivity index (χ1) is 6.84. The molecule has 0 spiro atoms. The van der Waals surface area contributed by atoms with Crippen molar-refractivity contribution in [2.45, 2.75) is 24.4 Å². The smallest absolute Gasteiger partial charge is 0.416 e. The van der Waals surface area contributed by atoms with Gasteiger partial charge in [-0.2, -0.15) is 13.2 Å². The zero-order valence-corrected chi connectivity index (χ0v) is 8.61. The zero-order chi connectivity index (χ0) is 11.6. The molecule has 1 aromatic carbocycles. The summed E-state index contributed by atoms with van der Waals surface area (Å²) in [6.45, 7) is 1.66. The highest BCUT2D eigenvalue weighted by atomic mass is 32.2. The van der Waals surface area contributed by atoms with Crippen LogP contribution in [0.5, 0.6) is 0 Å². The number of aryl methyl sites for hydroxylation is 1. The summed E-state index contributed by atoms with van der Waals surface area (Å²) >= 11 is -2.64. The molecule has 0 saturated heterocycles. The Kier molecular flexibility index (Phi) is 3.51. The van der Waals surface area contributed by atoms with E-state index in [1.165, 1.54) is 6.07 Å². The van der Waals surface area contributed by atoms with Crippen molar-refractivity contribution in [3.05, 3.63) is 29.3 Å². The standard InChI is InChI=1S/C9H9F3O2S/c1-2-6-3-7(9(10,11)12)5-8(4-6)15(13)14/h3-5H,2H2,1H3,(H,13,14)/p-1. The van der Waals surface area contributed by atoms with E-state index in [2.05, 4.69) is 0 Å². The molecule has 0 aliphatic carbocycles. The highest BCUT2D eigenvalue weighted by Crippen LogP contribution is 2.31. The van der Waals surface area contributed by atoms with Crippen molar-refractivity contribution in [2.75, 3.05) is 0 Å². The van der Waals surface area contributed by atoms with E-state index in [4.69, 9.17) is 0 Å². The Morgan fingerprint density at radius 2 is 1.93 bits per heavy atom. The van der Waals surface area contributed by atoms with Crippen molar-refractivity contribution in [3.8, 4) is 0 Å². The van der Waals surface area contributed by atoms with Gasteiger partial charge in [-0.3, -0.25) is 4.21 Å². The highest BCUT2D eigenvalue weighted by Gasteiger charge is 2.31. The molecule has 0 fully saturated rings. The summed E-state index contributed by atoms with van der Waals surface area (Å²) < 4.78 is 58.2. The number of halogens is 3. The molecule has 0 aliphatic heterocycles. The summed E-state index contributed by atoms with van der Waals surface area (Å²) in [5.74, 6) is 0. The van der Waals surface area contributed by atoms with Gasteiger partial charge in [-0.1, -0.05) is 6.92 Å². The van der Waals surface area contributed by atoms with Crippen molar-refractivity contribution in [2.24, 2.45) is 0 Å². The molecule has 84 valence electrons. The van der Waals surface area contributed by atoms with E-state index in [0.717, 1.165) is 6.07 Å². The summed E-state index contributed by atoms with van der Waals surface area (Å²) in [6, 6.07) is 2.82. The first-order valence-corrected chi connectivity index (χ1v) is 5.22. The number of rotatable bonds is 2. The summed E-state index contributed by atoms with van der Waals surface area (Å²) in [4.78, 5) is -0.332. The molecule has 2 nitrogen and oxygen atoms in total. The van der Waals surface area contributed by atoms with Gasteiger partial charge in [-0.05, 0) is 41.3 Å². The van der Waals surface area contributed by atoms with Crippen molar-refractivity contribution >= 4 is 11.1 Å². The van der Waals surface area contributed by atoms with Crippen LogP contribution in [-0.4, -0.2) is 8.76 Å². The Balaban J connectivity index is 3.30. The normalized spacial score (nSPS) is 13.9. The van der Waals surface area contributed by atoms with Crippen LogP contribution in [0.15, 0.2) is 23.1 Å². The molecule has 0 bridgehead atoms. The van der Waals surface area contributed by atoms with Crippen molar-refractivity contribution in [1.82, 2.24) is 0 Å². The van der Waals surface area contributed by atoms with Gasteiger partial charge in [0.25, 0.3) is 0 Å². The Morgan fingerprint density at radius 1 is 1.33 bits per heavy atom. The molecule has 1 unspecified atom stereocenters. The molecule has 0 aliphatic rings. The zero-order valence-electron chi connectivity index (χ0n) is 7.80. The van der Waals surface area contributed by atoms with Gasteiger partial charge >= 0.3 is 6.18 Å². The predicted molar refractivity (Wildman–Crippen MR) is 48.0 cm³/mol. The monoisotopic (exact) mass is 237 g/mol. The predicted octanol–water partition coefficient (Wildman–Crippen LogP) is 2.51. The number of benzene rings is 1. The van der Waals surface area contributed by atoms with Gasteiger partial charge in [0, 0.05) is 4.90 Å². The minimum Gasteiger partial charge on any atom is -0.768 e. The quantitative estimate of drug-likeness (QED) is 0.741. The second kappa shape index (κ2) is 4.32. The summed E-state index contributed by atoms with van der Waals surface area (Å²) in [5.41, 5.74) is -0.579. The SMILES string of the molecule is CCc1cc(S(=O)[O-])cc(C(F)(F)F)c1. The van der Waals surface area contributed by atoms with Crippen LogP contribution in [0.3, 0.4) is 0 Å². The maximum absolute atomic E-state index is 12.3. The second-order valence-corrected chi connectivity index (χ2v) is 3.89. The minimum absolute atomic E-state index is 0.332. The largest absolute Gasteiger partial charge is 0.768 e. The first kappa shape index (κ1) is 12.2. The van der Waals surface area contributed by atoms with Gasteiger partial charge < -0.3 is 4.55 Å². The van der Waals surface area contributed by atoms with Crippen LogP contribution in [0.25, 0.3) is 0 Å². The van der Waals surface area contributed by atoms with Crippen LogP contribution >= 0.6 is 0 Å². The summed E-state index contributed by atoms with van der Waals surface area (Å²) in [7, 11) is 0. The second-order valence-electron chi connectivity index (χ2n) is 2.95. The summed E-state index contributed by atoms with van der Waals surface area (Å²) in [6.07, 6.45) is -4.16. The fraction of sp³-hybridized carbons (Fsp3) is 0.333. The van der Waals surface area contributed by atoms with Gasteiger partial charge in [0.05, 0.1) is 5.56 Å². The van der Waals surface area contributed by atoms with E-state index in [0.29, 0.717) is 18.1 Å². The van der Waals surface area contributed by atoms with E-state index in [-0.39, 0.29) is 4.90 Å². The molecule has 1 rings (SSSR count). The van der Waals surface area contributed by atoms with Gasteiger partial charge in [0.1, 0.15) is 0 Å². The maximum Gasteiger partial charge on any atom is 0.416 e. The van der Waals surface area contributed by atoms with E-state index in [1.54, 1.807) is 6.92 Å². The van der Waals surface area contributed by atoms with Gasteiger partial charge in [-0.15, -0.1) is 0 Å². The third-order valence-corrected chi connectivity index (χ3v) is 2.51. The van der Waals surface area contributed by atoms with Crippen molar-refractivity contribution in [1.29, 1.82) is 0 Å². The van der Waals surface area contributed by atoms with Crippen LogP contribution in [0.2, 0.25) is 0 Å². The molecular weight excluding hydrogens is 229 g/mol. The van der Waals surface area contributed by atoms with E-state index in [1.807, 2.05) is 0 Å². The molecule has 0 radical (unpaired) electrons. The fourth-order valence-electron chi connectivity index (χ4n) is 1.12. The van der Waals surface area contributed by atoms with E-state index < -0.39 is 22.8 Å². The van der Waals surface area contributed by atoms with Gasteiger partial charge in [-0.25, -0.2) is 0 Å². The molecule has 0 N–H and O–H groups in total. The lowest BCUT2D eigenvalue weighted by Gasteiger charge is -2.12. The molecule has 15 heavy (non-hydrogen) atoms. The molecule has 0 amide bonds. The lowest BCUT2D eigenvalue weighted by Crippen LogP contribution is -2.07. The van der Waals surface area contributed by atoms with Crippen LogP contribution in [0, 0.1) is 0 Å². The fourth-order valence-corrected chi connectivity index (χ4v) is 1.60. The van der Waals surface area contributed by atoms with Crippen LogP contribution < -0.4 is 0 Å². The lowest BCUT2D eigenvalue weighted by atomic mass is 10.1. The minimum atomic E-state index is -4.51. The number of hydrogen-bond donors (Lipinski definition) is 0. The van der Waals surface area contributed by atoms with E-state index >= 15 is 0 Å². The molecule has 0 heterocycles. The van der Waals surface area contributed by atoms with Crippen LogP contribution in [0.1, 0.15) is 18.1 Å². The van der Waals surface area contributed by atoms with Gasteiger partial charge in [0.2, 0.25) is 0 Å². The third kappa shape index (κ3) is 3.04. The Bertz CT molecular complexity index is 387. The Labute approximate surface area is 87.4 Å². The van der Waals surface area contributed by atoms with Crippen LogP contribution in [-0.2, 0) is 23.7 Å². The molecular formula is C9H8F3O2S-. The lowest BCUT2D eigenvalue weighted by molar-refractivity contribution is -0.137. The molecule has 6 heteroatoms. The average Bonchev–Trinajstić information content (AvgIpc) is 2.15. The highest BCUT2D eigenvalue weighted by molar-refractivity contribution is 7.79. The number of hydrogen-bond acceptors (Lipinski definition) is 2. The maximum atomic E-state index is 12.3. The molecule has 0 aromatic heterocycles. The topological polar surface area (TPSA) is 40.1 Å². The van der Waals surface area contributed by atoms with Crippen molar-refractivity contribution < 1.29 is 21.9 Å². The third-order valence-electron chi connectivity index (χ3n) is 1.89. The van der Waals surface area contributed by atoms with Crippen molar-refractivity contribution in [3.63, 3.8) is 0 Å². The summed E-state index contributed by atoms with van der Waals surface area (Å²) in [5, 5.41) is 0.